The maximum absolute atomic E-state index is 4.82. The first kappa shape index (κ1) is 11.1. The molecule has 2 rings (SSSR count). The second-order valence-corrected chi connectivity index (χ2v) is 6.56. The molecule has 1 aliphatic heterocycles. The molecule has 84 valence electrons. The lowest BCUT2D eigenvalue weighted by atomic mass is 9.98. The summed E-state index contributed by atoms with van der Waals surface area (Å²) in [6, 6.07) is 0.511. The molecule has 1 unspecified atom stereocenters. The Bertz CT molecular complexity index is 343. The van der Waals surface area contributed by atoms with Gasteiger partial charge in [-0.1, -0.05) is 20.8 Å². The zero-order valence-corrected chi connectivity index (χ0v) is 10.9. The number of aryl methyl sites for hydroxylation is 1. The van der Waals surface area contributed by atoms with Crippen molar-refractivity contribution in [3.8, 4) is 0 Å². The van der Waals surface area contributed by atoms with Gasteiger partial charge in [0, 0.05) is 10.3 Å². The maximum atomic E-state index is 4.82. The van der Waals surface area contributed by atoms with Gasteiger partial charge in [0.15, 0.2) is 0 Å². The van der Waals surface area contributed by atoms with Crippen molar-refractivity contribution < 1.29 is 0 Å². The van der Waals surface area contributed by atoms with Gasteiger partial charge in [-0.2, -0.15) is 0 Å². The first-order valence-corrected chi connectivity index (χ1v) is 6.51. The summed E-state index contributed by atoms with van der Waals surface area (Å²) in [6.45, 7) is 10.0. The van der Waals surface area contributed by atoms with Crippen LogP contribution in [0.5, 0.6) is 0 Å². The van der Waals surface area contributed by atoms with Crippen molar-refractivity contribution in [2.24, 2.45) is 0 Å². The smallest absolute Gasteiger partial charge is 0.0985 e. The fraction of sp³-hybridized carbons (Fsp3) is 0.750. The Morgan fingerprint density at radius 1 is 1.40 bits per heavy atom. The van der Waals surface area contributed by atoms with Crippen LogP contribution in [-0.4, -0.2) is 11.5 Å². The lowest BCUT2D eigenvalue weighted by Crippen LogP contribution is -2.15. The molecule has 0 aromatic carbocycles. The van der Waals surface area contributed by atoms with Crippen LogP contribution in [0, 0.1) is 6.92 Å². The Kier molecular flexibility index (Phi) is 2.86. The van der Waals surface area contributed by atoms with E-state index in [4.69, 9.17) is 4.98 Å². The molecule has 2 nitrogen and oxygen atoms in total. The van der Waals surface area contributed by atoms with Crippen molar-refractivity contribution in [2.45, 2.75) is 52.0 Å². The highest BCUT2D eigenvalue weighted by atomic mass is 32.1. The van der Waals surface area contributed by atoms with E-state index in [0.717, 1.165) is 6.54 Å². The lowest BCUT2D eigenvalue weighted by Gasteiger charge is -2.14. The predicted molar refractivity (Wildman–Crippen MR) is 65.5 cm³/mol. The van der Waals surface area contributed by atoms with E-state index in [9.17, 15) is 0 Å². The molecule has 1 N–H and O–H groups in total. The van der Waals surface area contributed by atoms with Gasteiger partial charge >= 0.3 is 0 Å². The van der Waals surface area contributed by atoms with Crippen molar-refractivity contribution in [2.75, 3.05) is 6.54 Å². The molecule has 0 bridgehead atoms. The van der Waals surface area contributed by atoms with Gasteiger partial charge in [-0.25, -0.2) is 4.98 Å². The van der Waals surface area contributed by atoms with Gasteiger partial charge < -0.3 is 5.32 Å². The first-order valence-electron chi connectivity index (χ1n) is 5.69. The summed E-state index contributed by atoms with van der Waals surface area (Å²) in [5.41, 5.74) is 1.48. The van der Waals surface area contributed by atoms with E-state index in [0.29, 0.717) is 6.04 Å². The number of aromatic nitrogens is 1. The van der Waals surface area contributed by atoms with Gasteiger partial charge in [0.1, 0.15) is 0 Å². The molecule has 3 heteroatoms. The fourth-order valence-electron chi connectivity index (χ4n) is 1.97. The van der Waals surface area contributed by atoms with Crippen LogP contribution in [-0.2, 0) is 5.41 Å². The highest BCUT2D eigenvalue weighted by Gasteiger charge is 2.25. The van der Waals surface area contributed by atoms with E-state index in [-0.39, 0.29) is 5.41 Å². The number of hydrogen-bond donors (Lipinski definition) is 1. The van der Waals surface area contributed by atoms with Crippen LogP contribution in [0.25, 0.3) is 0 Å². The van der Waals surface area contributed by atoms with E-state index in [1.54, 1.807) is 0 Å². The molecule has 1 fully saturated rings. The third-order valence-corrected chi connectivity index (χ3v) is 4.28. The molecule has 1 aromatic rings. The highest BCUT2D eigenvalue weighted by Crippen LogP contribution is 2.33. The standard InChI is InChI=1S/C12H20N2S/c1-8-10(9-6-5-7-13-9)14-11(15-8)12(2,3)4/h9,13H,5-7H2,1-4H3. The van der Waals surface area contributed by atoms with E-state index >= 15 is 0 Å². The SMILES string of the molecule is Cc1sc(C(C)(C)C)nc1C1CCCN1. The summed E-state index contributed by atoms with van der Waals surface area (Å²) in [7, 11) is 0. The second kappa shape index (κ2) is 3.87. The third kappa shape index (κ3) is 2.23. The van der Waals surface area contributed by atoms with E-state index in [1.807, 2.05) is 11.3 Å². The Morgan fingerprint density at radius 2 is 2.13 bits per heavy atom. The number of hydrogen-bond acceptors (Lipinski definition) is 3. The van der Waals surface area contributed by atoms with Crippen LogP contribution in [0.4, 0.5) is 0 Å². The molecule has 1 saturated heterocycles. The molecule has 2 heterocycles. The molecule has 0 radical (unpaired) electrons. The average molecular weight is 224 g/mol. The number of nitrogens with one attached hydrogen (secondary N) is 1. The quantitative estimate of drug-likeness (QED) is 0.792. The monoisotopic (exact) mass is 224 g/mol. The third-order valence-electron chi connectivity index (χ3n) is 2.86. The van der Waals surface area contributed by atoms with Crippen LogP contribution >= 0.6 is 11.3 Å². The minimum Gasteiger partial charge on any atom is -0.309 e. The minimum atomic E-state index is 0.187. The van der Waals surface area contributed by atoms with Gasteiger partial charge in [-0.05, 0) is 26.3 Å². The average Bonchev–Trinajstić information content (AvgIpc) is 2.69. The Morgan fingerprint density at radius 3 is 2.60 bits per heavy atom. The number of nitrogens with zero attached hydrogens (tertiary/aromatic N) is 1. The van der Waals surface area contributed by atoms with Gasteiger partial charge in [0.05, 0.1) is 16.7 Å². The topological polar surface area (TPSA) is 24.9 Å². The molecule has 0 amide bonds. The van der Waals surface area contributed by atoms with E-state index < -0.39 is 0 Å². The minimum absolute atomic E-state index is 0.187. The fourth-order valence-corrected chi connectivity index (χ4v) is 3.00. The van der Waals surface area contributed by atoms with Crippen LogP contribution < -0.4 is 5.32 Å². The van der Waals surface area contributed by atoms with Crippen LogP contribution in [0.3, 0.4) is 0 Å². The Balaban J connectivity index is 2.29. The van der Waals surface area contributed by atoms with E-state index in [2.05, 4.69) is 33.0 Å². The predicted octanol–water partition coefficient (Wildman–Crippen LogP) is 3.17. The van der Waals surface area contributed by atoms with Crippen molar-refractivity contribution in [1.29, 1.82) is 0 Å². The van der Waals surface area contributed by atoms with Crippen molar-refractivity contribution >= 4 is 11.3 Å². The van der Waals surface area contributed by atoms with Crippen LogP contribution in [0.2, 0.25) is 0 Å². The number of thiazole rings is 1. The van der Waals surface area contributed by atoms with Crippen LogP contribution in [0.1, 0.15) is 55.2 Å². The molecule has 0 aliphatic carbocycles. The zero-order chi connectivity index (χ0) is 11.1. The van der Waals surface area contributed by atoms with Crippen molar-refractivity contribution in [1.82, 2.24) is 10.3 Å². The lowest BCUT2D eigenvalue weighted by molar-refractivity contribution is 0.570. The highest BCUT2D eigenvalue weighted by molar-refractivity contribution is 7.11. The van der Waals surface area contributed by atoms with E-state index in [1.165, 1.54) is 28.4 Å². The van der Waals surface area contributed by atoms with Crippen LogP contribution in [0.15, 0.2) is 0 Å². The molecular formula is C12H20N2S. The van der Waals surface area contributed by atoms with Gasteiger partial charge in [-0.15, -0.1) is 11.3 Å². The summed E-state index contributed by atoms with van der Waals surface area (Å²) in [4.78, 5) is 6.21. The molecule has 1 atom stereocenters. The number of rotatable bonds is 1. The zero-order valence-electron chi connectivity index (χ0n) is 10.1. The summed E-state index contributed by atoms with van der Waals surface area (Å²) >= 11 is 1.86. The molecule has 1 aliphatic rings. The molecule has 1 aromatic heterocycles. The normalized spacial score (nSPS) is 22.3. The maximum Gasteiger partial charge on any atom is 0.0985 e. The summed E-state index contributed by atoms with van der Waals surface area (Å²) in [6.07, 6.45) is 2.53. The molecule has 15 heavy (non-hydrogen) atoms. The Hall–Kier alpha value is -0.410. The largest absolute Gasteiger partial charge is 0.309 e. The van der Waals surface area contributed by atoms with Gasteiger partial charge in [-0.3, -0.25) is 0 Å². The summed E-state index contributed by atoms with van der Waals surface area (Å²) in [5.74, 6) is 0. The molecule has 0 spiro atoms. The molecule has 0 saturated carbocycles. The molecular weight excluding hydrogens is 204 g/mol. The van der Waals surface area contributed by atoms with Gasteiger partial charge in [0.2, 0.25) is 0 Å². The first-order chi connectivity index (χ1) is 6.98. The van der Waals surface area contributed by atoms with Crippen molar-refractivity contribution in [3.05, 3.63) is 15.6 Å². The Labute approximate surface area is 96.1 Å². The summed E-state index contributed by atoms with van der Waals surface area (Å²) in [5, 5.41) is 4.79. The van der Waals surface area contributed by atoms with Crippen molar-refractivity contribution in [3.63, 3.8) is 0 Å². The summed E-state index contributed by atoms with van der Waals surface area (Å²) < 4.78 is 0. The van der Waals surface area contributed by atoms with Gasteiger partial charge in [0.25, 0.3) is 0 Å². The second-order valence-electron chi connectivity index (χ2n) is 5.36.